The van der Waals surface area contributed by atoms with E-state index in [1.165, 1.54) is 17.7 Å². The van der Waals surface area contributed by atoms with Crippen molar-refractivity contribution in [2.45, 2.75) is 19.5 Å². The third-order valence-corrected chi connectivity index (χ3v) is 4.04. The molecule has 2 rings (SSSR count). The van der Waals surface area contributed by atoms with Gasteiger partial charge in [0.25, 0.3) is 5.69 Å². The van der Waals surface area contributed by atoms with Crippen molar-refractivity contribution in [1.29, 1.82) is 0 Å². The molecule has 5 nitrogen and oxygen atoms in total. The average Bonchev–Trinajstić information content (AvgIpc) is 2.88. The maximum absolute atomic E-state index is 10.7. The summed E-state index contributed by atoms with van der Waals surface area (Å²) in [6.07, 6.45) is 4.09. The van der Waals surface area contributed by atoms with Crippen molar-refractivity contribution < 1.29 is 4.92 Å². The van der Waals surface area contributed by atoms with E-state index in [0.717, 1.165) is 10.0 Å². The number of hydrogen-bond donors (Lipinski definition) is 1. The van der Waals surface area contributed by atoms with Crippen LogP contribution in [0.2, 0.25) is 0 Å². The molecule has 1 atom stereocenters. The molecule has 0 spiro atoms. The summed E-state index contributed by atoms with van der Waals surface area (Å²) < 4.78 is 2.82. The average molecular weight is 338 g/mol. The van der Waals surface area contributed by atoms with Crippen LogP contribution in [-0.2, 0) is 6.54 Å². The first-order chi connectivity index (χ1) is 9.51. The zero-order chi connectivity index (χ0) is 14.7. The van der Waals surface area contributed by atoms with Gasteiger partial charge in [0.05, 0.1) is 4.92 Å². The van der Waals surface area contributed by atoms with Gasteiger partial charge in [-0.2, -0.15) is 0 Å². The monoisotopic (exact) mass is 337 g/mol. The van der Waals surface area contributed by atoms with Crippen LogP contribution in [0.5, 0.6) is 0 Å². The lowest BCUT2D eigenvalue weighted by atomic mass is 10.2. The van der Waals surface area contributed by atoms with Crippen molar-refractivity contribution >= 4 is 21.6 Å². The maximum Gasteiger partial charge on any atom is 0.270 e. The number of nitrogens with one attached hydrogen (secondary N) is 1. The van der Waals surface area contributed by atoms with Gasteiger partial charge in [-0.25, -0.2) is 0 Å². The molecule has 106 valence electrons. The summed E-state index contributed by atoms with van der Waals surface area (Å²) in [6.45, 7) is 2.77. The molecular weight excluding hydrogens is 322 g/mol. The van der Waals surface area contributed by atoms with Crippen molar-refractivity contribution in [3.63, 3.8) is 0 Å². The predicted molar refractivity (Wildman–Crippen MR) is 81.8 cm³/mol. The highest BCUT2D eigenvalue weighted by Gasteiger charge is 2.10. The first-order valence-electron chi connectivity index (χ1n) is 6.27. The largest absolute Gasteiger partial charge is 0.350 e. The van der Waals surface area contributed by atoms with Crippen molar-refractivity contribution in [2.24, 2.45) is 0 Å². The van der Waals surface area contributed by atoms with Crippen LogP contribution in [0.15, 0.2) is 41.1 Å². The normalized spacial score (nSPS) is 12.3. The Kier molecular flexibility index (Phi) is 4.57. The molecule has 1 aromatic heterocycles. The molecule has 1 unspecified atom stereocenters. The van der Waals surface area contributed by atoms with E-state index in [1.807, 2.05) is 13.2 Å². The lowest BCUT2D eigenvalue weighted by Crippen LogP contribution is -2.11. The van der Waals surface area contributed by atoms with Gasteiger partial charge >= 0.3 is 0 Å². The number of non-ortho nitro benzene ring substituents is 1. The molecule has 0 saturated heterocycles. The van der Waals surface area contributed by atoms with E-state index in [1.54, 1.807) is 6.07 Å². The van der Waals surface area contributed by atoms with E-state index < -0.39 is 4.92 Å². The van der Waals surface area contributed by atoms with Gasteiger partial charge in [-0.3, -0.25) is 10.1 Å². The third-order valence-electron chi connectivity index (χ3n) is 3.31. The molecule has 0 radical (unpaired) electrons. The van der Waals surface area contributed by atoms with Gasteiger partial charge in [0.2, 0.25) is 0 Å². The molecule has 0 amide bonds. The molecule has 0 saturated carbocycles. The van der Waals surface area contributed by atoms with Gasteiger partial charge < -0.3 is 9.88 Å². The highest BCUT2D eigenvalue weighted by Crippen LogP contribution is 2.24. The Bertz CT molecular complexity index is 625. The van der Waals surface area contributed by atoms with Crippen LogP contribution in [0, 0.1) is 10.1 Å². The number of nitro benzene ring substituents is 1. The molecule has 0 aliphatic carbocycles. The van der Waals surface area contributed by atoms with Crippen LogP contribution in [-0.4, -0.2) is 16.5 Å². The second kappa shape index (κ2) is 6.19. The summed E-state index contributed by atoms with van der Waals surface area (Å²) in [5.41, 5.74) is 2.32. The van der Waals surface area contributed by atoms with E-state index in [0.29, 0.717) is 12.6 Å². The second-order valence-electron chi connectivity index (χ2n) is 4.66. The summed E-state index contributed by atoms with van der Waals surface area (Å²) in [4.78, 5) is 10.3. The van der Waals surface area contributed by atoms with Crippen LogP contribution < -0.4 is 5.32 Å². The number of aromatic nitrogens is 1. The third kappa shape index (κ3) is 3.26. The van der Waals surface area contributed by atoms with Crippen molar-refractivity contribution in [1.82, 2.24) is 9.88 Å². The standard InChI is InChI=1S/C14H16BrN3O2/c1-10(16-2)11-5-6-17(8-11)9-12-3-4-13(18(19)20)7-14(12)15/h3-8,10,16H,9H2,1-2H3. The van der Waals surface area contributed by atoms with Crippen LogP contribution >= 0.6 is 15.9 Å². The zero-order valence-corrected chi connectivity index (χ0v) is 12.9. The number of nitrogens with zero attached hydrogens (tertiary/aromatic N) is 2. The highest BCUT2D eigenvalue weighted by molar-refractivity contribution is 9.10. The second-order valence-corrected chi connectivity index (χ2v) is 5.51. The van der Waals surface area contributed by atoms with Crippen LogP contribution in [0.25, 0.3) is 0 Å². The first-order valence-corrected chi connectivity index (χ1v) is 7.06. The topological polar surface area (TPSA) is 60.1 Å². The molecule has 1 N–H and O–H groups in total. The molecule has 0 aliphatic heterocycles. The van der Waals surface area contributed by atoms with Crippen molar-refractivity contribution in [3.8, 4) is 0 Å². The summed E-state index contributed by atoms with van der Waals surface area (Å²) in [5, 5.41) is 13.9. The summed E-state index contributed by atoms with van der Waals surface area (Å²) in [6, 6.07) is 7.22. The molecular formula is C14H16BrN3O2. The fraction of sp³-hybridized carbons (Fsp3) is 0.286. The van der Waals surface area contributed by atoms with Crippen LogP contribution in [0.4, 0.5) is 5.69 Å². The Morgan fingerprint density at radius 3 is 2.80 bits per heavy atom. The minimum atomic E-state index is -0.392. The quantitative estimate of drug-likeness (QED) is 0.671. The van der Waals surface area contributed by atoms with Crippen molar-refractivity contribution in [2.75, 3.05) is 7.05 Å². The van der Waals surface area contributed by atoms with Crippen LogP contribution in [0.3, 0.4) is 0 Å². The van der Waals surface area contributed by atoms with E-state index >= 15 is 0 Å². The summed E-state index contributed by atoms with van der Waals surface area (Å²) in [5.74, 6) is 0. The van der Waals surface area contributed by atoms with Gasteiger partial charge in [0.15, 0.2) is 0 Å². The zero-order valence-electron chi connectivity index (χ0n) is 11.3. The molecule has 0 aliphatic rings. The van der Waals surface area contributed by atoms with Crippen LogP contribution in [0.1, 0.15) is 24.1 Å². The number of benzene rings is 1. The summed E-state index contributed by atoms with van der Waals surface area (Å²) in [7, 11) is 1.93. The Balaban J connectivity index is 2.18. The van der Waals surface area contributed by atoms with Crippen molar-refractivity contribution in [3.05, 3.63) is 62.4 Å². The van der Waals surface area contributed by atoms with E-state index in [4.69, 9.17) is 0 Å². The maximum atomic E-state index is 10.7. The van der Waals surface area contributed by atoms with Gasteiger partial charge in [-0.05, 0) is 37.2 Å². The molecule has 0 bridgehead atoms. The molecule has 2 aromatic rings. The lowest BCUT2D eigenvalue weighted by molar-refractivity contribution is -0.384. The number of nitro groups is 1. The molecule has 20 heavy (non-hydrogen) atoms. The number of hydrogen-bond acceptors (Lipinski definition) is 3. The molecule has 1 heterocycles. The number of rotatable bonds is 5. The SMILES string of the molecule is CNC(C)c1ccn(Cc2ccc([N+](=O)[O-])cc2Br)c1. The molecule has 6 heteroatoms. The number of halogens is 1. The lowest BCUT2D eigenvalue weighted by Gasteiger charge is -2.08. The molecule has 0 fully saturated rings. The molecule has 1 aromatic carbocycles. The highest BCUT2D eigenvalue weighted by atomic mass is 79.9. The fourth-order valence-electron chi connectivity index (χ4n) is 1.96. The summed E-state index contributed by atoms with van der Waals surface area (Å²) >= 11 is 3.39. The Hall–Kier alpha value is -1.66. The first kappa shape index (κ1) is 14.7. The van der Waals surface area contributed by atoms with E-state index in [-0.39, 0.29) is 5.69 Å². The Morgan fingerprint density at radius 2 is 2.20 bits per heavy atom. The van der Waals surface area contributed by atoms with Gasteiger partial charge in [-0.1, -0.05) is 15.9 Å². The minimum Gasteiger partial charge on any atom is -0.350 e. The van der Waals surface area contributed by atoms with Gasteiger partial charge in [0, 0.05) is 41.6 Å². The fourth-order valence-corrected chi connectivity index (χ4v) is 2.45. The predicted octanol–water partition coefficient (Wildman–Crippen LogP) is 3.49. The van der Waals surface area contributed by atoms with E-state index in [9.17, 15) is 10.1 Å². The van der Waals surface area contributed by atoms with Gasteiger partial charge in [0.1, 0.15) is 0 Å². The Morgan fingerprint density at radius 1 is 1.45 bits per heavy atom. The van der Waals surface area contributed by atoms with Gasteiger partial charge in [-0.15, -0.1) is 0 Å². The Labute approximate surface area is 125 Å². The smallest absolute Gasteiger partial charge is 0.270 e. The minimum absolute atomic E-state index is 0.0950. The van der Waals surface area contributed by atoms with E-state index in [2.05, 4.69) is 45.0 Å².